The minimum absolute atomic E-state index is 0.0576. The molecule has 0 aliphatic rings. The summed E-state index contributed by atoms with van der Waals surface area (Å²) in [5.41, 5.74) is 0.972. The second kappa shape index (κ2) is 3.66. The summed E-state index contributed by atoms with van der Waals surface area (Å²) >= 11 is 0. The predicted octanol–water partition coefficient (Wildman–Crippen LogP) is 1.71. The van der Waals surface area contributed by atoms with Gasteiger partial charge in [-0.1, -0.05) is 17.3 Å². The predicted molar refractivity (Wildman–Crippen MR) is 47.2 cm³/mol. The van der Waals surface area contributed by atoms with E-state index in [9.17, 15) is 10.1 Å². The standard InChI is InChI=1S/C8H8N2O3/c1-6-3-2-4-8(10(12)13)7(6)5-9-11/h2-5,11H,1H3/b9-5-. The van der Waals surface area contributed by atoms with E-state index < -0.39 is 4.92 Å². The van der Waals surface area contributed by atoms with Crippen molar-refractivity contribution in [2.45, 2.75) is 6.92 Å². The fourth-order valence-corrected chi connectivity index (χ4v) is 1.05. The molecular weight excluding hydrogens is 172 g/mol. The maximum Gasteiger partial charge on any atom is 0.278 e. The average molecular weight is 180 g/mol. The summed E-state index contributed by atoms with van der Waals surface area (Å²) in [4.78, 5) is 10.0. The van der Waals surface area contributed by atoms with Crippen LogP contribution in [-0.2, 0) is 0 Å². The van der Waals surface area contributed by atoms with Crippen LogP contribution in [0.5, 0.6) is 0 Å². The molecule has 1 rings (SSSR count). The first-order valence-corrected chi connectivity index (χ1v) is 3.58. The summed E-state index contributed by atoms with van der Waals surface area (Å²) in [7, 11) is 0. The van der Waals surface area contributed by atoms with Crippen LogP contribution < -0.4 is 0 Å². The fraction of sp³-hybridized carbons (Fsp3) is 0.125. The molecular formula is C8H8N2O3. The molecule has 0 saturated carbocycles. The molecule has 0 heterocycles. The van der Waals surface area contributed by atoms with E-state index in [0.29, 0.717) is 11.1 Å². The zero-order valence-corrected chi connectivity index (χ0v) is 6.97. The Morgan fingerprint density at radius 3 is 2.85 bits per heavy atom. The molecule has 13 heavy (non-hydrogen) atoms. The van der Waals surface area contributed by atoms with E-state index in [2.05, 4.69) is 5.16 Å². The summed E-state index contributed by atoms with van der Waals surface area (Å²) in [6, 6.07) is 4.66. The quantitative estimate of drug-likeness (QED) is 0.326. The Labute approximate surface area is 74.5 Å². The lowest BCUT2D eigenvalue weighted by molar-refractivity contribution is -0.385. The van der Waals surface area contributed by atoms with Crippen molar-refractivity contribution in [3.05, 3.63) is 39.4 Å². The Bertz CT molecular complexity index is 360. The smallest absolute Gasteiger partial charge is 0.278 e. The van der Waals surface area contributed by atoms with E-state index >= 15 is 0 Å². The molecule has 1 aromatic carbocycles. The summed E-state index contributed by atoms with van der Waals surface area (Å²) in [5, 5.41) is 21.6. The van der Waals surface area contributed by atoms with Crippen molar-refractivity contribution in [3.8, 4) is 0 Å². The average Bonchev–Trinajstić information content (AvgIpc) is 2.08. The molecule has 68 valence electrons. The van der Waals surface area contributed by atoms with Gasteiger partial charge in [0.1, 0.15) is 0 Å². The van der Waals surface area contributed by atoms with Gasteiger partial charge in [0.05, 0.1) is 16.7 Å². The molecule has 1 N–H and O–H groups in total. The molecule has 0 aliphatic heterocycles. The van der Waals surface area contributed by atoms with E-state index in [0.717, 1.165) is 6.21 Å². The Morgan fingerprint density at radius 2 is 2.31 bits per heavy atom. The monoisotopic (exact) mass is 180 g/mol. The maximum absolute atomic E-state index is 10.5. The largest absolute Gasteiger partial charge is 0.411 e. The molecule has 0 bridgehead atoms. The Morgan fingerprint density at radius 1 is 1.62 bits per heavy atom. The summed E-state index contributed by atoms with van der Waals surface area (Å²) in [6.45, 7) is 1.71. The minimum atomic E-state index is -0.510. The Hall–Kier alpha value is -1.91. The highest BCUT2D eigenvalue weighted by molar-refractivity contribution is 5.86. The number of aryl methyl sites for hydroxylation is 1. The first-order chi connectivity index (χ1) is 6.16. The molecule has 0 unspecified atom stereocenters. The van der Waals surface area contributed by atoms with Crippen molar-refractivity contribution in [2.24, 2.45) is 5.16 Å². The first-order valence-electron chi connectivity index (χ1n) is 3.58. The summed E-state index contributed by atoms with van der Waals surface area (Å²) in [6.07, 6.45) is 1.06. The van der Waals surface area contributed by atoms with Crippen LogP contribution in [0.25, 0.3) is 0 Å². The van der Waals surface area contributed by atoms with Gasteiger partial charge < -0.3 is 5.21 Å². The second-order valence-corrected chi connectivity index (χ2v) is 2.51. The van der Waals surface area contributed by atoms with Crippen molar-refractivity contribution in [1.29, 1.82) is 0 Å². The molecule has 0 spiro atoms. The molecule has 0 amide bonds. The molecule has 0 radical (unpaired) electrons. The lowest BCUT2D eigenvalue weighted by Crippen LogP contribution is -1.96. The Balaban J connectivity index is 3.33. The topological polar surface area (TPSA) is 75.7 Å². The van der Waals surface area contributed by atoms with E-state index in [4.69, 9.17) is 5.21 Å². The highest BCUT2D eigenvalue weighted by Gasteiger charge is 2.12. The van der Waals surface area contributed by atoms with Gasteiger partial charge in [0.25, 0.3) is 5.69 Å². The molecule has 5 heteroatoms. The van der Waals surface area contributed by atoms with Crippen LogP contribution in [0.15, 0.2) is 23.4 Å². The first kappa shape index (κ1) is 9.18. The van der Waals surface area contributed by atoms with Crippen LogP contribution >= 0.6 is 0 Å². The van der Waals surface area contributed by atoms with Crippen LogP contribution in [0.4, 0.5) is 5.69 Å². The van der Waals surface area contributed by atoms with E-state index in [1.54, 1.807) is 19.1 Å². The van der Waals surface area contributed by atoms with Crippen molar-refractivity contribution in [3.63, 3.8) is 0 Å². The normalized spacial score (nSPS) is 10.5. The van der Waals surface area contributed by atoms with Gasteiger partial charge in [0.2, 0.25) is 0 Å². The van der Waals surface area contributed by atoms with E-state index in [1.165, 1.54) is 6.07 Å². The number of nitro groups is 1. The third-order valence-electron chi connectivity index (χ3n) is 1.68. The van der Waals surface area contributed by atoms with Gasteiger partial charge in [-0.25, -0.2) is 0 Å². The molecule has 5 nitrogen and oxygen atoms in total. The van der Waals surface area contributed by atoms with Crippen LogP contribution in [0.2, 0.25) is 0 Å². The maximum atomic E-state index is 10.5. The molecule has 0 fully saturated rings. The third kappa shape index (κ3) is 1.81. The summed E-state index contributed by atoms with van der Waals surface area (Å²) < 4.78 is 0. The summed E-state index contributed by atoms with van der Waals surface area (Å²) in [5.74, 6) is 0. The van der Waals surface area contributed by atoms with Crippen molar-refractivity contribution in [2.75, 3.05) is 0 Å². The van der Waals surface area contributed by atoms with Crippen LogP contribution in [0, 0.1) is 17.0 Å². The number of benzene rings is 1. The highest BCUT2D eigenvalue weighted by Crippen LogP contribution is 2.19. The van der Waals surface area contributed by atoms with Gasteiger partial charge in [0, 0.05) is 6.07 Å². The van der Waals surface area contributed by atoms with E-state index in [-0.39, 0.29) is 5.69 Å². The molecule has 0 saturated heterocycles. The van der Waals surface area contributed by atoms with Crippen molar-refractivity contribution < 1.29 is 10.1 Å². The number of nitro benzene ring substituents is 1. The number of hydrogen-bond donors (Lipinski definition) is 1. The van der Waals surface area contributed by atoms with E-state index in [1.807, 2.05) is 0 Å². The van der Waals surface area contributed by atoms with Crippen LogP contribution in [0.3, 0.4) is 0 Å². The highest BCUT2D eigenvalue weighted by atomic mass is 16.6. The fourth-order valence-electron chi connectivity index (χ4n) is 1.05. The number of nitrogens with zero attached hydrogens (tertiary/aromatic N) is 2. The SMILES string of the molecule is Cc1cccc([N+](=O)[O-])c1/C=N\O. The third-order valence-corrected chi connectivity index (χ3v) is 1.68. The molecule has 0 aromatic heterocycles. The Kier molecular flexibility index (Phi) is 2.59. The zero-order valence-electron chi connectivity index (χ0n) is 6.97. The minimum Gasteiger partial charge on any atom is -0.411 e. The van der Waals surface area contributed by atoms with Crippen LogP contribution in [-0.4, -0.2) is 16.3 Å². The number of hydrogen-bond acceptors (Lipinski definition) is 4. The van der Waals surface area contributed by atoms with Gasteiger partial charge >= 0.3 is 0 Å². The second-order valence-electron chi connectivity index (χ2n) is 2.51. The number of oxime groups is 1. The van der Waals surface area contributed by atoms with Crippen molar-refractivity contribution in [1.82, 2.24) is 0 Å². The van der Waals surface area contributed by atoms with Gasteiger partial charge in [-0.2, -0.15) is 0 Å². The lowest BCUT2D eigenvalue weighted by atomic mass is 10.1. The van der Waals surface area contributed by atoms with Gasteiger partial charge in [-0.05, 0) is 12.5 Å². The van der Waals surface area contributed by atoms with Gasteiger partial charge in [-0.15, -0.1) is 0 Å². The van der Waals surface area contributed by atoms with Crippen LogP contribution in [0.1, 0.15) is 11.1 Å². The number of rotatable bonds is 2. The zero-order chi connectivity index (χ0) is 9.84. The lowest BCUT2D eigenvalue weighted by Gasteiger charge is -1.99. The molecule has 1 aromatic rings. The van der Waals surface area contributed by atoms with Crippen molar-refractivity contribution >= 4 is 11.9 Å². The molecule has 0 atom stereocenters. The van der Waals surface area contributed by atoms with Gasteiger partial charge in [-0.3, -0.25) is 10.1 Å². The van der Waals surface area contributed by atoms with Gasteiger partial charge in [0.15, 0.2) is 0 Å². The molecule has 0 aliphatic carbocycles.